The van der Waals surface area contributed by atoms with E-state index in [9.17, 15) is 4.79 Å². The van der Waals surface area contributed by atoms with E-state index in [4.69, 9.17) is 10.8 Å². The number of rotatable bonds is 5. The molecule has 0 aliphatic rings. The molecule has 0 aromatic rings. The molecule has 0 radical (unpaired) electrons. The third kappa shape index (κ3) is 4.39. The molecule has 0 spiro atoms. The molecule has 82 valence electrons. The molecular weight excluding hydrogens is 180 g/mol. The van der Waals surface area contributed by atoms with Crippen LogP contribution in [0.15, 0.2) is 12.7 Å². The van der Waals surface area contributed by atoms with Crippen molar-refractivity contribution in [1.29, 1.82) is 0 Å². The lowest BCUT2D eigenvalue weighted by molar-refractivity contribution is -0.139. The Morgan fingerprint density at radius 3 is 2.43 bits per heavy atom. The zero-order chi connectivity index (χ0) is 11.4. The van der Waals surface area contributed by atoms with Crippen molar-refractivity contribution in [3.05, 3.63) is 12.7 Å². The Hall–Kier alpha value is -0.870. The van der Waals surface area contributed by atoms with E-state index >= 15 is 0 Å². The molecule has 0 heterocycles. The molecule has 0 amide bonds. The minimum atomic E-state index is -0.969. The third-order valence-corrected chi connectivity index (χ3v) is 2.03. The van der Waals surface area contributed by atoms with Crippen LogP contribution < -0.4 is 5.73 Å². The second-order valence-electron chi connectivity index (χ2n) is 4.31. The van der Waals surface area contributed by atoms with Gasteiger partial charge in [0.25, 0.3) is 0 Å². The van der Waals surface area contributed by atoms with Crippen molar-refractivity contribution in [3.63, 3.8) is 0 Å². The highest BCUT2D eigenvalue weighted by atomic mass is 16.4. The molecule has 0 aliphatic heterocycles. The van der Waals surface area contributed by atoms with E-state index in [0.29, 0.717) is 13.1 Å². The summed E-state index contributed by atoms with van der Waals surface area (Å²) in [6.45, 7) is 10.7. The number of nitrogens with zero attached hydrogens (tertiary/aromatic N) is 1. The molecule has 4 heteroatoms. The topological polar surface area (TPSA) is 66.6 Å². The maximum atomic E-state index is 10.6. The Bertz CT molecular complexity index is 209. The SMILES string of the molecule is C=CCN(CC(N)C(=O)O)C(C)(C)C. The second kappa shape index (κ2) is 5.12. The van der Waals surface area contributed by atoms with Crippen LogP contribution in [-0.2, 0) is 4.79 Å². The van der Waals surface area contributed by atoms with Gasteiger partial charge in [0.05, 0.1) is 0 Å². The fourth-order valence-corrected chi connectivity index (χ4v) is 1.09. The van der Waals surface area contributed by atoms with E-state index in [1.165, 1.54) is 0 Å². The number of hydrogen-bond acceptors (Lipinski definition) is 3. The normalized spacial score (nSPS) is 14.1. The summed E-state index contributed by atoms with van der Waals surface area (Å²) in [5.74, 6) is -0.969. The second-order valence-corrected chi connectivity index (χ2v) is 4.31. The van der Waals surface area contributed by atoms with Gasteiger partial charge < -0.3 is 10.8 Å². The van der Waals surface area contributed by atoms with Gasteiger partial charge in [0.15, 0.2) is 0 Å². The first kappa shape index (κ1) is 13.1. The Morgan fingerprint density at radius 1 is 1.64 bits per heavy atom. The Labute approximate surface area is 85.4 Å². The molecule has 1 atom stereocenters. The Balaban J connectivity index is 4.37. The van der Waals surface area contributed by atoms with Crippen LogP contribution in [-0.4, -0.2) is 40.6 Å². The lowest BCUT2D eigenvalue weighted by Crippen LogP contribution is -2.50. The van der Waals surface area contributed by atoms with Gasteiger partial charge >= 0.3 is 5.97 Å². The highest BCUT2D eigenvalue weighted by molar-refractivity contribution is 5.73. The van der Waals surface area contributed by atoms with Crippen molar-refractivity contribution in [3.8, 4) is 0 Å². The number of carboxylic acid groups (broad SMARTS) is 1. The van der Waals surface area contributed by atoms with Crippen LogP contribution in [0.4, 0.5) is 0 Å². The Morgan fingerprint density at radius 2 is 2.14 bits per heavy atom. The number of nitrogens with two attached hydrogens (primary N) is 1. The van der Waals surface area contributed by atoms with Crippen LogP contribution in [0.1, 0.15) is 20.8 Å². The molecule has 0 fully saturated rings. The monoisotopic (exact) mass is 200 g/mol. The van der Waals surface area contributed by atoms with Crippen LogP contribution in [0, 0.1) is 0 Å². The molecule has 0 saturated carbocycles. The van der Waals surface area contributed by atoms with E-state index in [0.717, 1.165) is 0 Å². The summed E-state index contributed by atoms with van der Waals surface area (Å²) < 4.78 is 0. The number of carbonyl (C=O) groups is 1. The predicted octanol–water partition coefficient (Wildman–Crippen LogP) is 0.685. The van der Waals surface area contributed by atoms with E-state index in [1.54, 1.807) is 6.08 Å². The van der Waals surface area contributed by atoms with E-state index in [-0.39, 0.29) is 5.54 Å². The third-order valence-electron chi connectivity index (χ3n) is 2.03. The summed E-state index contributed by atoms with van der Waals surface area (Å²) in [4.78, 5) is 12.6. The van der Waals surface area contributed by atoms with Gasteiger partial charge in [-0.15, -0.1) is 6.58 Å². The van der Waals surface area contributed by atoms with Crippen molar-refractivity contribution in [1.82, 2.24) is 4.90 Å². The minimum absolute atomic E-state index is 0.0960. The summed E-state index contributed by atoms with van der Waals surface area (Å²) in [5, 5.41) is 8.69. The fraction of sp³-hybridized carbons (Fsp3) is 0.700. The predicted molar refractivity (Wildman–Crippen MR) is 57.1 cm³/mol. The van der Waals surface area contributed by atoms with Crippen LogP contribution in [0.25, 0.3) is 0 Å². The van der Waals surface area contributed by atoms with Gasteiger partial charge in [-0.1, -0.05) is 6.08 Å². The molecule has 4 nitrogen and oxygen atoms in total. The van der Waals surface area contributed by atoms with Crippen LogP contribution in [0.3, 0.4) is 0 Å². The van der Waals surface area contributed by atoms with Gasteiger partial charge in [0.2, 0.25) is 0 Å². The van der Waals surface area contributed by atoms with Crippen LogP contribution in [0.2, 0.25) is 0 Å². The molecule has 0 aromatic heterocycles. The largest absolute Gasteiger partial charge is 0.480 e. The molecule has 0 saturated heterocycles. The summed E-state index contributed by atoms with van der Waals surface area (Å²) in [5.41, 5.74) is 5.37. The molecule has 0 rings (SSSR count). The number of aliphatic carboxylic acids is 1. The highest BCUT2D eigenvalue weighted by Gasteiger charge is 2.24. The quantitative estimate of drug-likeness (QED) is 0.641. The molecule has 14 heavy (non-hydrogen) atoms. The van der Waals surface area contributed by atoms with Crippen LogP contribution in [0.5, 0.6) is 0 Å². The molecule has 3 N–H and O–H groups in total. The first-order valence-corrected chi connectivity index (χ1v) is 4.63. The minimum Gasteiger partial charge on any atom is -0.480 e. The van der Waals surface area contributed by atoms with Crippen LogP contribution >= 0.6 is 0 Å². The van der Waals surface area contributed by atoms with Crippen molar-refractivity contribution < 1.29 is 9.90 Å². The lowest BCUT2D eigenvalue weighted by Gasteiger charge is -2.35. The fourth-order valence-electron chi connectivity index (χ4n) is 1.09. The standard InChI is InChI=1S/C10H20N2O2/c1-5-6-12(10(2,3)4)7-8(11)9(13)14/h5,8H,1,6-7,11H2,2-4H3,(H,13,14). The highest BCUT2D eigenvalue weighted by Crippen LogP contribution is 2.12. The summed E-state index contributed by atoms with van der Waals surface area (Å²) in [6, 6.07) is -0.839. The van der Waals surface area contributed by atoms with E-state index in [1.807, 2.05) is 25.7 Å². The molecule has 0 bridgehead atoms. The smallest absolute Gasteiger partial charge is 0.321 e. The van der Waals surface area contributed by atoms with Gasteiger partial charge in [-0.05, 0) is 20.8 Å². The molecule has 0 aliphatic carbocycles. The van der Waals surface area contributed by atoms with Crippen molar-refractivity contribution in [2.45, 2.75) is 32.4 Å². The van der Waals surface area contributed by atoms with Crippen molar-refractivity contribution >= 4 is 5.97 Å². The molecule has 1 unspecified atom stereocenters. The first-order chi connectivity index (χ1) is 6.29. The molecular formula is C10H20N2O2. The summed E-state index contributed by atoms with van der Waals surface area (Å²) >= 11 is 0. The maximum Gasteiger partial charge on any atom is 0.321 e. The van der Waals surface area contributed by atoms with Gasteiger partial charge in [-0.25, -0.2) is 0 Å². The molecule has 0 aromatic carbocycles. The van der Waals surface area contributed by atoms with Gasteiger partial charge in [0, 0.05) is 18.6 Å². The number of hydrogen-bond donors (Lipinski definition) is 2. The zero-order valence-electron chi connectivity index (χ0n) is 9.16. The lowest BCUT2D eigenvalue weighted by atomic mass is 10.0. The summed E-state index contributed by atoms with van der Waals surface area (Å²) in [7, 11) is 0. The van der Waals surface area contributed by atoms with Crippen molar-refractivity contribution in [2.24, 2.45) is 5.73 Å². The van der Waals surface area contributed by atoms with E-state index in [2.05, 4.69) is 6.58 Å². The van der Waals surface area contributed by atoms with Gasteiger partial charge in [0.1, 0.15) is 6.04 Å². The van der Waals surface area contributed by atoms with Gasteiger partial charge in [-0.2, -0.15) is 0 Å². The van der Waals surface area contributed by atoms with Gasteiger partial charge in [-0.3, -0.25) is 9.69 Å². The maximum absolute atomic E-state index is 10.6. The first-order valence-electron chi connectivity index (χ1n) is 4.63. The summed E-state index contributed by atoms with van der Waals surface area (Å²) in [6.07, 6.45) is 1.75. The number of carboxylic acids is 1. The zero-order valence-corrected chi connectivity index (χ0v) is 9.16. The average molecular weight is 200 g/mol. The Kier molecular flexibility index (Phi) is 4.80. The van der Waals surface area contributed by atoms with Crippen molar-refractivity contribution in [2.75, 3.05) is 13.1 Å². The van der Waals surface area contributed by atoms with E-state index < -0.39 is 12.0 Å². The average Bonchev–Trinajstić information content (AvgIpc) is 2.01.